The Hall–Kier alpha value is -1.14. The van der Waals surface area contributed by atoms with Gasteiger partial charge in [-0.1, -0.05) is 41.5 Å². The van der Waals surface area contributed by atoms with Gasteiger partial charge in [0, 0.05) is 41.7 Å². The number of hydrogen-bond donors (Lipinski definition) is 1. The smallest absolute Gasteiger partial charge is 0.309 e. The van der Waals surface area contributed by atoms with E-state index in [9.17, 15) is 14.7 Å². The number of nitrogens with zero attached hydrogens (tertiary/aromatic N) is 2. The summed E-state index contributed by atoms with van der Waals surface area (Å²) in [6.07, 6.45) is 11.0. The number of hydrogen-bond acceptors (Lipinski definition) is 5. The molecule has 2 aliphatic heterocycles. The summed E-state index contributed by atoms with van der Waals surface area (Å²) in [6, 6.07) is 0. The zero-order valence-electron chi connectivity index (χ0n) is 27.9. The molecule has 0 amide bonds. The zero-order chi connectivity index (χ0) is 30.4. The van der Waals surface area contributed by atoms with Crippen molar-refractivity contribution in [1.82, 2.24) is 9.80 Å². The molecule has 2 aliphatic rings. The van der Waals surface area contributed by atoms with E-state index in [1.54, 1.807) is 0 Å². The maximum atomic E-state index is 13.6. The number of esters is 1. The molecule has 1 N–H and O–H groups in total. The SMILES string of the molecule is CCC1(C)CCC(C)C(C)(CC)N1CCOC(=O)C(CCCC(=O)O)CCN1C(C)(CC)CCC(C)C1(C)CC. The Balaban J connectivity index is 2.16. The van der Waals surface area contributed by atoms with E-state index in [-0.39, 0.29) is 40.5 Å². The summed E-state index contributed by atoms with van der Waals surface area (Å²) >= 11 is 0. The Bertz CT molecular complexity index is 835. The molecule has 0 aromatic rings. The molecule has 0 saturated carbocycles. The topological polar surface area (TPSA) is 70.1 Å². The molecule has 0 radical (unpaired) electrons. The molecule has 6 heteroatoms. The first-order chi connectivity index (χ1) is 18.7. The quantitative estimate of drug-likeness (QED) is 0.204. The molecule has 0 bridgehead atoms. The molecule has 234 valence electrons. The van der Waals surface area contributed by atoms with E-state index in [2.05, 4.69) is 79.0 Å². The normalized spacial score (nSPS) is 36.4. The van der Waals surface area contributed by atoms with Crippen LogP contribution in [0.15, 0.2) is 0 Å². The van der Waals surface area contributed by atoms with Gasteiger partial charge in [0.15, 0.2) is 0 Å². The Morgan fingerprint density at radius 2 is 1.27 bits per heavy atom. The molecule has 0 aromatic carbocycles. The highest BCUT2D eigenvalue weighted by Crippen LogP contribution is 2.46. The molecule has 2 saturated heterocycles. The lowest BCUT2D eigenvalue weighted by molar-refractivity contribution is -0.154. The molecular formula is C34H64N2O4. The molecule has 2 rings (SSSR count). The van der Waals surface area contributed by atoms with Crippen molar-refractivity contribution in [2.75, 3.05) is 19.7 Å². The van der Waals surface area contributed by atoms with Crippen molar-refractivity contribution >= 4 is 11.9 Å². The van der Waals surface area contributed by atoms with Crippen molar-refractivity contribution in [3.63, 3.8) is 0 Å². The van der Waals surface area contributed by atoms with Crippen LogP contribution in [0.3, 0.4) is 0 Å². The van der Waals surface area contributed by atoms with Gasteiger partial charge in [-0.15, -0.1) is 0 Å². The monoisotopic (exact) mass is 564 g/mol. The third kappa shape index (κ3) is 7.43. The van der Waals surface area contributed by atoms with E-state index >= 15 is 0 Å². The number of aliphatic carboxylic acids is 1. The van der Waals surface area contributed by atoms with E-state index in [4.69, 9.17) is 4.74 Å². The molecule has 0 aliphatic carbocycles. The lowest BCUT2D eigenvalue weighted by Crippen LogP contribution is -2.64. The van der Waals surface area contributed by atoms with Crippen molar-refractivity contribution in [2.45, 2.75) is 168 Å². The van der Waals surface area contributed by atoms with Gasteiger partial charge in [0.1, 0.15) is 6.61 Å². The predicted molar refractivity (Wildman–Crippen MR) is 166 cm³/mol. The summed E-state index contributed by atoms with van der Waals surface area (Å²) in [7, 11) is 0. The summed E-state index contributed by atoms with van der Waals surface area (Å²) < 4.78 is 6.05. The first-order valence-corrected chi connectivity index (χ1v) is 16.6. The summed E-state index contributed by atoms with van der Waals surface area (Å²) in [5.41, 5.74) is 0.423. The van der Waals surface area contributed by atoms with Gasteiger partial charge in [0.25, 0.3) is 0 Å². The van der Waals surface area contributed by atoms with Crippen molar-refractivity contribution in [2.24, 2.45) is 17.8 Å². The largest absolute Gasteiger partial charge is 0.481 e. The first-order valence-electron chi connectivity index (χ1n) is 16.6. The van der Waals surface area contributed by atoms with E-state index in [0.717, 1.165) is 45.2 Å². The highest BCUT2D eigenvalue weighted by Gasteiger charge is 2.49. The minimum Gasteiger partial charge on any atom is -0.481 e. The van der Waals surface area contributed by atoms with Crippen LogP contribution >= 0.6 is 0 Å². The van der Waals surface area contributed by atoms with E-state index in [0.29, 0.717) is 31.3 Å². The number of rotatable bonds is 15. The predicted octanol–water partition coefficient (Wildman–Crippen LogP) is 7.93. The number of likely N-dealkylation sites (tertiary alicyclic amines) is 2. The van der Waals surface area contributed by atoms with Crippen molar-refractivity contribution < 1.29 is 19.4 Å². The Morgan fingerprint density at radius 1 is 0.800 bits per heavy atom. The lowest BCUT2D eigenvalue weighted by atomic mass is 9.69. The van der Waals surface area contributed by atoms with Crippen LogP contribution in [0, 0.1) is 17.8 Å². The number of carboxylic acid groups (broad SMARTS) is 1. The summed E-state index contributed by atoms with van der Waals surface area (Å²) in [5, 5.41) is 9.25. The van der Waals surface area contributed by atoms with Crippen LogP contribution in [0.25, 0.3) is 0 Å². The van der Waals surface area contributed by atoms with Crippen LogP contribution in [-0.4, -0.2) is 68.7 Å². The first kappa shape index (κ1) is 35.1. The van der Waals surface area contributed by atoms with Gasteiger partial charge in [0.2, 0.25) is 0 Å². The number of carbonyl (C=O) groups is 2. The number of carbonyl (C=O) groups excluding carboxylic acids is 1. The fourth-order valence-corrected chi connectivity index (χ4v) is 8.10. The lowest BCUT2D eigenvalue weighted by Gasteiger charge is -2.59. The summed E-state index contributed by atoms with van der Waals surface area (Å²) in [6.45, 7) is 25.4. The second-order valence-electron chi connectivity index (χ2n) is 14.2. The molecule has 2 heterocycles. The van der Waals surface area contributed by atoms with Gasteiger partial charge >= 0.3 is 11.9 Å². The van der Waals surface area contributed by atoms with Gasteiger partial charge in [-0.2, -0.15) is 0 Å². The van der Waals surface area contributed by atoms with Crippen LogP contribution in [0.4, 0.5) is 0 Å². The summed E-state index contributed by atoms with van der Waals surface area (Å²) in [4.78, 5) is 30.2. The Labute approximate surface area is 247 Å². The van der Waals surface area contributed by atoms with Gasteiger partial charge in [-0.05, 0) is 110 Å². The summed E-state index contributed by atoms with van der Waals surface area (Å²) in [5.74, 6) is -0.0139. The molecule has 6 nitrogen and oxygen atoms in total. The van der Waals surface area contributed by atoms with Crippen molar-refractivity contribution in [3.05, 3.63) is 0 Å². The van der Waals surface area contributed by atoms with Crippen LogP contribution in [0.2, 0.25) is 0 Å². The second kappa shape index (κ2) is 14.4. The highest BCUT2D eigenvalue weighted by molar-refractivity contribution is 5.72. The maximum absolute atomic E-state index is 13.6. The Kier molecular flexibility index (Phi) is 12.6. The van der Waals surface area contributed by atoms with Crippen molar-refractivity contribution in [1.29, 1.82) is 0 Å². The fraction of sp³-hybridized carbons (Fsp3) is 0.941. The molecule has 40 heavy (non-hydrogen) atoms. The Morgan fingerprint density at radius 3 is 1.70 bits per heavy atom. The van der Waals surface area contributed by atoms with E-state index < -0.39 is 5.97 Å². The van der Waals surface area contributed by atoms with E-state index in [1.807, 2.05) is 0 Å². The van der Waals surface area contributed by atoms with Gasteiger partial charge in [-0.25, -0.2) is 0 Å². The highest BCUT2D eigenvalue weighted by atomic mass is 16.5. The zero-order valence-corrected chi connectivity index (χ0v) is 27.9. The molecular weight excluding hydrogens is 500 g/mol. The third-order valence-electron chi connectivity index (χ3n) is 12.4. The number of ether oxygens (including phenoxy) is 1. The minimum atomic E-state index is -0.800. The number of carboxylic acids is 1. The average molecular weight is 565 g/mol. The molecule has 2 fully saturated rings. The molecule has 7 unspecified atom stereocenters. The van der Waals surface area contributed by atoms with Gasteiger partial charge in [-0.3, -0.25) is 19.4 Å². The second-order valence-corrected chi connectivity index (χ2v) is 14.2. The fourth-order valence-electron chi connectivity index (χ4n) is 8.10. The van der Waals surface area contributed by atoms with Crippen molar-refractivity contribution in [3.8, 4) is 0 Å². The van der Waals surface area contributed by atoms with Crippen LogP contribution < -0.4 is 0 Å². The maximum Gasteiger partial charge on any atom is 0.309 e. The van der Waals surface area contributed by atoms with Crippen LogP contribution in [-0.2, 0) is 14.3 Å². The van der Waals surface area contributed by atoms with Gasteiger partial charge < -0.3 is 9.84 Å². The number of piperidine rings is 2. The molecule has 0 spiro atoms. The third-order valence-corrected chi connectivity index (χ3v) is 12.4. The van der Waals surface area contributed by atoms with Crippen LogP contribution in [0.1, 0.15) is 146 Å². The van der Waals surface area contributed by atoms with Gasteiger partial charge in [0.05, 0.1) is 5.92 Å². The molecule has 7 atom stereocenters. The van der Waals surface area contributed by atoms with E-state index in [1.165, 1.54) is 25.7 Å². The van der Waals surface area contributed by atoms with Crippen LogP contribution in [0.5, 0.6) is 0 Å². The standard InChI is InChI=1S/C34H64N2O4/c1-11-31(7)21-18-26(5)33(9,13-3)35(31)23-20-28(16-15-17-29(37)38)30(39)40-25-24-36-32(8,12-2)22-19-27(6)34(36,10)14-4/h26-28H,11-25H2,1-10H3,(H,37,38). The average Bonchev–Trinajstić information content (AvgIpc) is 2.93. The minimum absolute atomic E-state index is 0.0937. The molecule has 0 aromatic heterocycles.